The van der Waals surface area contributed by atoms with Crippen LogP contribution in [0.2, 0.25) is 0 Å². The van der Waals surface area contributed by atoms with Crippen LogP contribution in [-0.2, 0) is 0 Å². The zero-order chi connectivity index (χ0) is 13.8. The third-order valence-corrected chi connectivity index (χ3v) is 3.80. The van der Waals surface area contributed by atoms with E-state index in [0.717, 1.165) is 5.76 Å². The Balaban J connectivity index is 1.95. The van der Waals surface area contributed by atoms with Gasteiger partial charge in [-0.15, -0.1) is 11.3 Å². The summed E-state index contributed by atoms with van der Waals surface area (Å²) < 4.78 is 5.31. The molecule has 4 nitrogen and oxygen atoms in total. The van der Waals surface area contributed by atoms with Gasteiger partial charge in [0.15, 0.2) is 0 Å². The standard InChI is InChI=1S/C14H16N2O2S/c1-9(2)13-6-11(8-19-13)14(17)16-15-7-12-5-4-10(3)18-12/h4-9H,1-3H3,(H,16,17). The molecule has 0 aliphatic rings. The summed E-state index contributed by atoms with van der Waals surface area (Å²) in [7, 11) is 0. The van der Waals surface area contributed by atoms with Crippen molar-refractivity contribution in [2.24, 2.45) is 5.10 Å². The lowest BCUT2D eigenvalue weighted by Crippen LogP contribution is -2.16. The van der Waals surface area contributed by atoms with E-state index >= 15 is 0 Å². The van der Waals surface area contributed by atoms with E-state index in [1.807, 2.05) is 24.4 Å². The van der Waals surface area contributed by atoms with Crippen LogP contribution in [0.15, 0.2) is 33.1 Å². The summed E-state index contributed by atoms with van der Waals surface area (Å²) >= 11 is 1.59. The average molecular weight is 276 g/mol. The van der Waals surface area contributed by atoms with Crippen molar-refractivity contribution in [2.75, 3.05) is 0 Å². The number of rotatable bonds is 4. The van der Waals surface area contributed by atoms with E-state index < -0.39 is 0 Å². The van der Waals surface area contributed by atoms with Gasteiger partial charge in [0.05, 0.1) is 11.8 Å². The molecule has 2 aromatic rings. The quantitative estimate of drug-likeness (QED) is 0.686. The van der Waals surface area contributed by atoms with Crippen molar-refractivity contribution in [1.82, 2.24) is 5.43 Å². The Hall–Kier alpha value is -1.88. The van der Waals surface area contributed by atoms with Gasteiger partial charge in [-0.2, -0.15) is 5.10 Å². The second-order valence-corrected chi connectivity index (χ2v) is 5.48. The molecule has 0 saturated heterocycles. The van der Waals surface area contributed by atoms with Crippen LogP contribution in [0.1, 0.15) is 46.5 Å². The first-order chi connectivity index (χ1) is 9.06. The van der Waals surface area contributed by atoms with Gasteiger partial charge >= 0.3 is 0 Å². The molecule has 19 heavy (non-hydrogen) atoms. The highest BCUT2D eigenvalue weighted by Gasteiger charge is 2.09. The number of hydrazone groups is 1. The summed E-state index contributed by atoms with van der Waals surface area (Å²) in [6.45, 7) is 6.06. The zero-order valence-electron chi connectivity index (χ0n) is 11.1. The molecule has 0 saturated carbocycles. The zero-order valence-corrected chi connectivity index (χ0v) is 12.0. The number of carbonyl (C=O) groups excluding carboxylic acids is 1. The van der Waals surface area contributed by atoms with Crippen LogP contribution in [0.4, 0.5) is 0 Å². The van der Waals surface area contributed by atoms with E-state index in [1.54, 1.807) is 17.4 Å². The van der Waals surface area contributed by atoms with Gasteiger partial charge in [0.2, 0.25) is 0 Å². The number of thiophene rings is 1. The van der Waals surface area contributed by atoms with Crippen molar-refractivity contribution < 1.29 is 9.21 Å². The van der Waals surface area contributed by atoms with Crippen LogP contribution in [0.25, 0.3) is 0 Å². The molecule has 0 unspecified atom stereocenters. The fourth-order valence-corrected chi connectivity index (χ4v) is 2.42. The van der Waals surface area contributed by atoms with E-state index in [1.165, 1.54) is 11.1 Å². The maximum Gasteiger partial charge on any atom is 0.272 e. The second-order valence-electron chi connectivity index (χ2n) is 4.54. The normalized spacial score (nSPS) is 11.4. The third-order valence-electron chi connectivity index (χ3n) is 2.57. The van der Waals surface area contributed by atoms with Crippen molar-refractivity contribution in [3.63, 3.8) is 0 Å². The van der Waals surface area contributed by atoms with Crippen LogP contribution >= 0.6 is 11.3 Å². The highest BCUT2D eigenvalue weighted by Crippen LogP contribution is 2.22. The molecule has 0 radical (unpaired) electrons. The molecule has 100 valence electrons. The molecule has 0 bridgehead atoms. The number of aryl methyl sites for hydroxylation is 1. The van der Waals surface area contributed by atoms with Gasteiger partial charge in [-0.25, -0.2) is 5.43 Å². The predicted octanol–water partition coefficient (Wildman–Crippen LogP) is 3.54. The number of hydrogen-bond acceptors (Lipinski definition) is 4. The monoisotopic (exact) mass is 276 g/mol. The summed E-state index contributed by atoms with van der Waals surface area (Å²) in [6.07, 6.45) is 1.49. The maximum atomic E-state index is 11.8. The minimum atomic E-state index is -0.206. The first kappa shape index (κ1) is 13.5. The largest absolute Gasteiger partial charge is 0.460 e. The molecule has 1 N–H and O–H groups in total. The van der Waals surface area contributed by atoms with Crippen LogP contribution in [0, 0.1) is 6.92 Å². The van der Waals surface area contributed by atoms with E-state index in [4.69, 9.17) is 4.42 Å². The van der Waals surface area contributed by atoms with E-state index in [2.05, 4.69) is 24.4 Å². The van der Waals surface area contributed by atoms with E-state index in [9.17, 15) is 4.79 Å². The molecular weight excluding hydrogens is 260 g/mol. The summed E-state index contributed by atoms with van der Waals surface area (Å²) in [4.78, 5) is 13.0. The molecule has 2 aromatic heterocycles. The third kappa shape index (κ3) is 3.54. The Labute approximate surface area is 116 Å². The van der Waals surface area contributed by atoms with Gasteiger partial charge in [-0.05, 0) is 31.0 Å². The highest BCUT2D eigenvalue weighted by molar-refractivity contribution is 7.10. The van der Waals surface area contributed by atoms with Gasteiger partial charge in [0.25, 0.3) is 5.91 Å². The Kier molecular flexibility index (Phi) is 4.16. The number of amides is 1. The van der Waals surface area contributed by atoms with Gasteiger partial charge in [-0.3, -0.25) is 4.79 Å². The SMILES string of the molecule is Cc1ccc(C=NNC(=O)c2csc(C(C)C)c2)o1. The van der Waals surface area contributed by atoms with Crippen molar-refractivity contribution in [2.45, 2.75) is 26.7 Å². The van der Waals surface area contributed by atoms with Gasteiger partial charge < -0.3 is 4.42 Å². The van der Waals surface area contributed by atoms with Crippen LogP contribution < -0.4 is 5.43 Å². The number of nitrogens with zero attached hydrogens (tertiary/aromatic N) is 1. The summed E-state index contributed by atoms with van der Waals surface area (Å²) in [6, 6.07) is 5.54. The molecule has 0 aromatic carbocycles. The van der Waals surface area contributed by atoms with Gasteiger partial charge in [0, 0.05) is 10.3 Å². The molecule has 2 heterocycles. The van der Waals surface area contributed by atoms with Crippen LogP contribution in [0.3, 0.4) is 0 Å². The summed E-state index contributed by atoms with van der Waals surface area (Å²) in [5.41, 5.74) is 3.13. The number of hydrogen-bond donors (Lipinski definition) is 1. The lowest BCUT2D eigenvalue weighted by molar-refractivity contribution is 0.0955. The molecule has 5 heteroatoms. The fraction of sp³-hybridized carbons (Fsp3) is 0.286. The number of furan rings is 1. The van der Waals surface area contributed by atoms with Crippen molar-refractivity contribution in [3.05, 3.63) is 45.5 Å². The lowest BCUT2D eigenvalue weighted by Gasteiger charge is -1.97. The minimum absolute atomic E-state index is 0.206. The smallest absolute Gasteiger partial charge is 0.272 e. The molecule has 0 atom stereocenters. The maximum absolute atomic E-state index is 11.8. The van der Waals surface area contributed by atoms with Crippen LogP contribution in [0.5, 0.6) is 0 Å². The van der Waals surface area contributed by atoms with E-state index in [-0.39, 0.29) is 5.91 Å². The number of nitrogens with one attached hydrogen (secondary N) is 1. The number of carbonyl (C=O) groups is 1. The van der Waals surface area contributed by atoms with Crippen molar-refractivity contribution in [1.29, 1.82) is 0 Å². The average Bonchev–Trinajstić information content (AvgIpc) is 2.98. The lowest BCUT2D eigenvalue weighted by atomic mass is 10.1. The van der Waals surface area contributed by atoms with Crippen LogP contribution in [-0.4, -0.2) is 12.1 Å². The Morgan fingerprint density at radius 1 is 1.47 bits per heavy atom. The molecular formula is C14H16N2O2S. The molecule has 0 fully saturated rings. The Morgan fingerprint density at radius 3 is 2.84 bits per heavy atom. The molecule has 2 rings (SSSR count). The summed E-state index contributed by atoms with van der Waals surface area (Å²) in [5, 5.41) is 5.72. The van der Waals surface area contributed by atoms with E-state index in [0.29, 0.717) is 17.2 Å². The van der Waals surface area contributed by atoms with Gasteiger partial charge in [0.1, 0.15) is 11.5 Å². The Morgan fingerprint density at radius 2 is 2.26 bits per heavy atom. The molecule has 0 aliphatic heterocycles. The van der Waals surface area contributed by atoms with Crippen molar-refractivity contribution in [3.8, 4) is 0 Å². The van der Waals surface area contributed by atoms with Crippen molar-refractivity contribution >= 4 is 23.5 Å². The first-order valence-electron chi connectivity index (χ1n) is 6.04. The highest BCUT2D eigenvalue weighted by atomic mass is 32.1. The first-order valence-corrected chi connectivity index (χ1v) is 6.92. The molecule has 0 spiro atoms. The van der Waals surface area contributed by atoms with Gasteiger partial charge in [-0.1, -0.05) is 13.8 Å². The molecule has 0 aliphatic carbocycles. The minimum Gasteiger partial charge on any atom is -0.460 e. The second kappa shape index (κ2) is 5.84. The summed E-state index contributed by atoms with van der Waals surface area (Å²) in [5.74, 6) is 1.65. The molecule has 1 amide bonds. The fourth-order valence-electron chi connectivity index (χ4n) is 1.52. The topological polar surface area (TPSA) is 54.6 Å². The Bertz CT molecular complexity index is 596. The predicted molar refractivity (Wildman–Crippen MR) is 76.9 cm³/mol.